The highest BCUT2D eigenvalue weighted by atomic mass is 35.5. The molecule has 1 rings (SSSR count). The minimum atomic E-state index is -0.712. The van der Waals surface area contributed by atoms with Gasteiger partial charge in [0.2, 0.25) is 0 Å². The van der Waals surface area contributed by atoms with Crippen molar-refractivity contribution in [2.24, 2.45) is 0 Å². The Bertz CT molecular complexity index is 339. The van der Waals surface area contributed by atoms with Crippen molar-refractivity contribution in [2.75, 3.05) is 18.6 Å². The molecule has 2 atom stereocenters. The molecule has 0 fully saturated rings. The highest BCUT2D eigenvalue weighted by Gasteiger charge is 2.03. The molecule has 0 aromatic heterocycles. The summed E-state index contributed by atoms with van der Waals surface area (Å²) in [6.45, 7) is 2.94. The Labute approximate surface area is 105 Å². The molecule has 0 bridgehead atoms. The Hall–Kier alpha value is -0.380. The van der Waals surface area contributed by atoms with E-state index in [0.717, 1.165) is 18.0 Å². The lowest BCUT2D eigenvalue weighted by Gasteiger charge is -2.13. The second kappa shape index (κ2) is 7.05. The van der Waals surface area contributed by atoms with Crippen LogP contribution in [0.3, 0.4) is 0 Å². The van der Waals surface area contributed by atoms with Crippen molar-refractivity contribution in [1.29, 1.82) is 0 Å². The van der Waals surface area contributed by atoms with Gasteiger partial charge in [0.25, 0.3) is 0 Å². The molecule has 0 amide bonds. The van der Waals surface area contributed by atoms with Crippen LogP contribution in [0.1, 0.15) is 12.5 Å². The number of benzene rings is 1. The van der Waals surface area contributed by atoms with Gasteiger partial charge in [-0.2, -0.15) is 0 Å². The number of halogens is 1. The fraction of sp³-hybridized carbons (Fsp3) is 0.500. The Kier molecular flexibility index (Phi) is 6.03. The summed E-state index contributed by atoms with van der Waals surface area (Å²) in [5.41, 5.74) is 1.27. The van der Waals surface area contributed by atoms with Crippen LogP contribution in [-0.4, -0.2) is 28.8 Å². The predicted octanol–water partition coefficient (Wildman–Crippen LogP) is 2.24. The molecular weight excluding hydrogens is 242 g/mol. The van der Waals surface area contributed by atoms with E-state index in [-0.39, 0.29) is 0 Å². The summed E-state index contributed by atoms with van der Waals surface area (Å²) in [6.07, 6.45) is 2.69. The Morgan fingerprint density at radius 2 is 2.00 bits per heavy atom. The van der Waals surface area contributed by atoms with Crippen molar-refractivity contribution < 1.29 is 4.21 Å². The van der Waals surface area contributed by atoms with Gasteiger partial charge in [0.05, 0.1) is 0 Å². The van der Waals surface area contributed by atoms with Crippen LogP contribution in [0.4, 0.5) is 0 Å². The maximum Gasteiger partial charge on any atom is 0.0406 e. The Balaban J connectivity index is 2.31. The first-order valence-corrected chi connectivity index (χ1v) is 7.46. The zero-order valence-corrected chi connectivity index (χ0v) is 11.3. The summed E-state index contributed by atoms with van der Waals surface area (Å²) in [4.78, 5) is 0. The molecular formula is C12H18ClNOS. The van der Waals surface area contributed by atoms with Crippen molar-refractivity contribution >= 4 is 22.4 Å². The van der Waals surface area contributed by atoms with E-state index in [1.807, 2.05) is 24.3 Å². The molecule has 1 aromatic carbocycles. The maximum absolute atomic E-state index is 10.9. The topological polar surface area (TPSA) is 29.1 Å². The first kappa shape index (κ1) is 13.7. The van der Waals surface area contributed by atoms with E-state index < -0.39 is 10.8 Å². The zero-order valence-electron chi connectivity index (χ0n) is 9.70. The van der Waals surface area contributed by atoms with Crippen molar-refractivity contribution in [1.82, 2.24) is 5.32 Å². The molecule has 90 valence electrons. The molecule has 0 saturated carbocycles. The first-order chi connectivity index (χ1) is 7.58. The van der Waals surface area contributed by atoms with Crippen molar-refractivity contribution in [3.8, 4) is 0 Å². The van der Waals surface area contributed by atoms with Crippen LogP contribution >= 0.6 is 11.6 Å². The third-order valence-corrected chi connectivity index (χ3v) is 3.37. The summed E-state index contributed by atoms with van der Waals surface area (Å²) in [5, 5.41) is 4.12. The smallest absolute Gasteiger partial charge is 0.0406 e. The molecule has 2 nitrogen and oxygen atoms in total. The molecule has 0 saturated heterocycles. The largest absolute Gasteiger partial charge is 0.313 e. The van der Waals surface area contributed by atoms with Gasteiger partial charge < -0.3 is 5.32 Å². The highest BCUT2D eigenvalue weighted by Crippen LogP contribution is 2.10. The first-order valence-electron chi connectivity index (χ1n) is 5.36. The van der Waals surface area contributed by atoms with E-state index in [4.69, 9.17) is 11.6 Å². The Morgan fingerprint density at radius 3 is 2.56 bits per heavy atom. The average molecular weight is 260 g/mol. The molecule has 0 aliphatic rings. The van der Waals surface area contributed by atoms with Gasteiger partial charge in [-0.3, -0.25) is 4.21 Å². The summed E-state index contributed by atoms with van der Waals surface area (Å²) >= 11 is 5.82. The lowest BCUT2D eigenvalue weighted by Crippen LogP contribution is -2.31. The Morgan fingerprint density at radius 1 is 1.38 bits per heavy atom. The molecule has 0 radical (unpaired) electrons. The predicted molar refractivity (Wildman–Crippen MR) is 71.6 cm³/mol. The molecule has 0 aliphatic carbocycles. The fourth-order valence-electron chi connectivity index (χ4n) is 1.50. The lowest BCUT2D eigenvalue weighted by atomic mass is 10.1. The van der Waals surface area contributed by atoms with E-state index in [0.29, 0.717) is 11.8 Å². The molecule has 0 aliphatic heterocycles. The highest BCUT2D eigenvalue weighted by molar-refractivity contribution is 7.84. The van der Waals surface area contributed by atoms with Gasteiger partial charge in [0, 0.05) is 40.4 Å². The molecule has 2 unspecified atom stereocenters. The van der Waals surface area contributed by atoms with Gasteiger partial charge in [-0.25, -0.2) is 0 Å². The van der Waals surface area contributed by atoms with Crippen molar-refractivity contribution in [3.05, 3.63) is 34.9 Å². The molecule has 1 N–H and O–H groups in total. The van der Waals surface area contributed by atoms with Crippen LogP contribution in [0, 0.1) is 0 Å². The van der Waals surface area contributed by atoms with Gasteiger partial charge >= 0.3 is 0 Å². The van der Waals surface area contributed by atoms with E-state index in [2.05, 4.69) is 12.2 Å². The third-order valence-electron chi connectivity index (χ3n) is 2.34. The summed E-state index contributed by atoms with van der Waals surface area (Å²) in [6, 6.07) is 8.29. The van der Waals surface area contributed by atoms with Crippen LogP contribution in [-0.2, 0) is 17.2 Å². The minimum absolute atomic E-state index is 0.393. The molecule has 16 heavy (non-hydrogen) atoms. The summed E-state index contributed by atoms with van der Waals surface area (Å²) < 4.78 is 10.9. The summed E-state index contributed by atoms with van der Waals surface area (Å²) in [7, 11) is -0.712. The monoisotopic (exact) mass is 259 g/mol. The SMILES string of the molecule is CC(Cc1ccc(Cl)cc1)NCCS(C)=O. The second-order valence-corrected chi connectivity index (χ2v) is 5.95. The van der Waals surface area contributed by atoms with E-state index >= 15 is 0 Å². The molecule has 0 spiro atoms. The normalized spacial score (nSPS) is 14.7. The maximum atomic E-state index is 10.9. The van der Waals surface area contributed by atoms with Gasteiger partial charge in [-0.15, -0.1) is 0 Å². The molecule has 0 heterocycles. The third kappa shape index (κ3) is 5.64. The number of hydrogen-bond acceptors (Lipinski definition) is 2. The van der Waals surface area contributed by atoms with Gasteiger partial charge in [0.1, 0.15) is 0 Å². The van der Waals surface area contributed by atoms with Gasteiger partial charge in [-0.1, -0.05) is 23.7 Å². The fourth-order valence-corrected chi connectivity index (χ4v) is 2.03. The number of hydrogen-bond donors (Lipinski definition) is 1. The van der Waals surface area contributed by atoms with Crippen LogP contribution in [0.5, 0.6) is 0 Å². The van der Waals surface area contributed by atoms with E-state index in [1.165, 1.54) is 5.56 Å². The lowest BCUT2D eigenvalue weighted by molar-refractivity contribution is 0.565. The van der Waals surface area contributed by atoms with Gasteiger partial charge in [0.15, 0.2) is 0 Å². The zero-order chi connectivity index (χ0) is 12.0. The number of nitrogens with one attached hydrogen (secondary N) is 1. The quantitative estimate of drug-likeness (QED) is 0.849. The molecule has 4 heteroatoms. The minimum Gasteiger partial charge on any atom is -0.313 e. The van der Waals surface area contributed by atoms with E-state index in [1.54, 1.807) is 6.26 Å². The average Bonchev–Trinajstić information content (AvgIpc) is 2.21. The van der Waals surface area contributed by atoms with E-state index in [9.17, 15) is 4.21 Å². The van der Waals surface area contributed by atoms with Crippen LogP contribution < -0.4 is 5.32 Å². The molecule has 1 aromatic rings. The van der Waals surface area contributed by atoms with Crippen LogP contribution in [0.15, 0.2) is 24.3 Å². The van der Waals surface area contributed by atoms with Crippen LogP contribution in [0.2, 0.25) is 5.02 Å². The number of rotatable bonds is 6. The standard InChI is InChI=1S/C12H18ClNOS/c1-10(14-7-8-16(2)15)9-11-3-5-12(13)6-4-11/h3-6,10,14H,7-9H2,1-2H3. The summed E-state index contributed by atoms with van der Waals surface area (Å²) in [5.74, 6) is 0.713. The van der Waals surface area contributed by atoms with Crippen LogP contribution in [0.25, 0.3) is 0 Å². The van der Waals surface area contributed by atoms with Gasteiger partial charge in [-0.05, 0) is 31.0 Å². The second-order valence-electron chi connectivity index (χ2n) is 3.96. The van der Waals surface area contributed by atoms with Crippen molar-refractivity contribution in [2.45, 2.75) is 19.4 Å². The van der Waals surface area contributed by atoms with Crippen molar-refractivity contribution in [3.63, 3.8) is 0 Å².